The lowest BCUT2D eigenvalue weighted by atomic mass is 9.57. The highest BCUT2D eigenvalue weighted by atomic mass is 16.5. The van der Waals surface area contributed by atoms with E-state index >= 15 is 0 Å². The Morgan fingerprint density at radius 3 is 2.90 bits per heavy atom. The molecule has 1 aromatic carbocycles. The van der Waals surface area contributed by atoms with Crippen LogP contribution in [0, 0.1) is 11.3 Å². The molecule has 3 unspecified atom stereocenters. The molecule has 114 valence electrons. The molecule has 0 bridgehead atoms. The number of amides is 1. The zero-order chi connectivity index (χ0) is 15.0. The zero-order valence-corrected chi connectivity index (χ0v) is 12.7. The van der Waals surface area contributed by atoms with Crippen LogP contribution in [-0.4, -0.2) is 32.0 Å². The molecule has 2 fully saturated rings. The molecule has 5 nitrogen and oxygen atoms in total. The van der Waals surface area contributed by atoms with Crippen LogP contribution in [0.25, 0.3) is 0 Å². The Morgan fingerprint density at radius 1 is 1.38 bits per heavy atom. The third-order valence-electron chi connectivity index (χ3n) is 4.72. The predicted molar refractivity (Wildman–Crippen MR) is 81.5 cm³/mol. The quantitative estimate of drug-likeness (QED) is 0.898. The van der Waals surface area contributed by atoms with Gasteiger partial charge < -0.3 is 14.8 Å². The summed E-state index contributed by atoms with van der Waals surface area (Å²) in [6.45, 7) is 5.35. The molecule has 1 saturated carbocycles. The summed E-state index contributed by atoms with van der Waals surface area (Å²) in [5, 5.41) is 6.28. The van der Waals surface area contributed by atoms with Crippen molar-refractivity contribution in [1.82, 2.24) is 0 Å². The fourth-order valence-corrected chi connectivity index (χ4v) is 3.65. The number of rotatable bonds is 3. The number of anilines is 2. The van der Waals surface area contributed by atoms with Gasteiger partial charge in [-0.25, -0.2) is 4.79 Å². The average molecular weight is 290 g/mol. The van der Waals surface area contributed by atoms with Crippen LogP contribution in [0.2, 0.25) is 0 Å². The molecule has 1 amide bonds. The number of hydrogen-bond donors (Lipinski definition) is 2. The van der Waals surface area contributed by atoms with E-state index in [0.717, 1.165) is 24.4 Å². The van der Waals surface area contributed by atoms with Gasteiger partial charge in [-0.2, -0.15) is 0 Å². The fraction of sp³-hybridized carbons (Fsp3) is 0.562. The summed E-state index contributed by atoms with van der Waals surface area (Å²) in [4.78, 5) is 11.3. The van der Waals surface area contributed by atoms with E-state index in [1.54, 1.807) is 0 Å². The van der Waals surface area contributed by atoms with Gasteiger partial charge in [0.05, 0.1) is 13.2 Å². The van der Waals surface area contributed by atoms with E-state index < -0.39 is 6.09 Å². The van der Waals surface area contributed by atoms with Gasteiger partial charge in [-0.15, -0.1) is 0 Å². The van der Waals surface area contributed by atoms with E-state index in [1.807, 2.05) is 24.3 Å². The van der Waals surface area contributed by atoms with Gasteiger partial charge in [0.25, 0.3) is 0 Å². The first-order valence-corrected chi connectivity index (χ1v) is 7.35. The van der Waals surface area contributed by atoms with Crippen LogP contribution in [0.3, 0.4) is 0 Å². The van der Waals surface area contributed by atoms with Crippen LogP contribution < -0.4 is 10.6 Å². The maximum Gasteiger partial charge on any atom is 0.411 e. The zero-order valence-electron chi connectivity index (χ0n) is 12.7. The van der Waals surface area contributed by atoms with E-state index in [2.05, 4.69) is 29.2 Å². The van der Waals surface area contributed by atoms with Gasteiger partial charge in [0.2, 0.25) is 0 Å². The van der Waals surface area contributed by atoms with Crippen molar-refractivity contribution in [2.24, 2.45) is 11.3 Å². The van der Waals surface area contributed by atoms with Gasteiger partial charge in [-0.3, -0.25) is 5.32 Å². The van der Waals surface area contributed by atoms with Crippen molar-refractivity contribution in [3.63, 3.8) is 0 Å². The first-order valence-electron chi connectivity index (χ1n) is 7.35. The van der Waals surface area contributed by atoms with E-state index in [1.165, 1.54) is 7.11 Å². The van der Waals surface area contributed by atoms with Crippen LogP contribution in [0.4, 0.5) is 16.2 Å². The van der Waals surface area contributed by atoms with Gasteiger partial charge in [0.1, 0.15) is 0 Å². The molecule has 1 aliphatic heterocycles. The van der Waals surface area contributed by atoms with Crippen molar-refractivity contribution in [3.05, 3.63) is 24.3 Å². The lowest BCUT2D eigenvalue weighted by Gasteiger charge is -2.55. The molecular weight excluding hydrogens is 268 g/mol. The Morgan fingerprint density at radius 2 is 2.14 bits per heavy atom. The topological polar surface area (TPSA) is 59.6 Å². The summed E-state index contributed by atoms with van der Waals surface area (Å²) in [6.07, 6.45) is 1.03. The third kappa shape index (κ3) is 2.46. The molecule has 1 saturated heterocycles. The lowest BCUT2D eigenvalue weighted by Crippen LogP contribution is -2.63. The van der Waals surface area contributed by atoms with E-state index in [4.69, 9.17) is 4.74 Å². The summed E-state index contributed by atoms with van der Waals surface area (Å²) in [7, 11) is 1.36. The van der Waals surface area contributed by atoms with Gasteiger partial charge in [-0.05, 0) is 24.6 Å². The third-order valence-corrected chi connectivity index (χ3v) is 4.72. The standard InChI is InChI=1S/C16H22N2O3/c1-16(2)13(12-7-8-21-14(12)16)17-10-5-4-6-11(9-10)18-15(19)20-3/h4-6,9,12-14,17H,7-8H2,1-3H3,(H,18,19). The minimum atomic E-state index is -0.458. The minimum absolute atomic E-state index is 0.132. The molecule has 1 heterocycles. The number of carbonyl (C=O) groups is 1. The fourth-order valence-electron chi connectivity index (χ4n) is 3.65. The number of benzene rings is 1. The number of fused-ring (bicyclic) bond motifs is 1. The normalized spacial score (nSPS) is 29.2. The molecule has 1 aliphatic carbocycles. The van der Waals surface area contributed by atoms with E-state index in [-0.39, 0.29) is 5.41 Å². The Kier molecular flexibility index (Phi) is 3.53. The van der Waals surface area contributed by atoms with Crippen LogP contribution in [0.1, 0.15) is 20.3 Å². The number of hydrogen-bond acceptors (Lipinski definition) is 4. The average Bonchev–Trinajstić information content (AvgIpc) is 2.92. The van der Waals surface area contributed by atoms with Crippen LogP contribution in [-0.2, 0) is 9.47 Å². The molecule has 1 aromatic rings. The highest BCUT2D eigenvalue weighted by molar-refractivity contribution is 5.85. The Bertz CT molecular complexity index is 544. The smallest absolute Gasteiger partial charge is 0.411 e. The van der Waals surface area contributed by atoms with Crippen molar-refractivity contribution in [2.75, 3.05) is 24.4 Å². The Labute approximate surface area is 125 Å². The van der Waals surface area contributed by atoms with E-state index in [0.29, 0.717) is 18.1 Å². The van der Waals surface area contributed by atoms with Crippen molar-refractivity contribution in [1.29, 1.82) is 0 Å². The SMILES string of the molecule is COC(=O)Nc1cccc(NC2C3CCOC3C2(C)C)c1. The summed E-state index contributed by atoms with van der Waals surface area (Å²) < 4.78 is 10.4. The molecule has 3 atom stereocenters. The monoisotopic (exact) mass is 290 g/mol. The highest BCUT2D eigenvalue weighted by Crippen LogP contribution is 2.53. The molecule has 0 aromatic heterocycles. The number of nitrogens with one attached hydrogen (secondary N) is 2. The largest absolute Gasteiger partial charge is 0.453 e. The summed E-state index contributed by atoms with van der Waals surface area (Å²) in [5.41, 5.74) is 1.86. The highest BCUT2D eigenvalue weighted by Gasteiger charge is 2.59. The van der Waals surface area contributed by atoms with Crippen molar-refractivity contribution >= 4 is 17.5 Å². The first-order chi connectivity index (χ1) is 10.0. The second-order valence-electron chi connectivity index (χ2n) is 6.38. The number of methoxy groups -OCH3 is 1. The molecular formula is C16H22N2O3. The molecule has 2 aliphatic rings. The molecule has 5 heteroatoms. The van der Waals surface area contributed by atoms with Crippen molar-refractivity contribution in [3.8, 4) is 0 Å². The molecule has 21 heavy (non-hydrogen) atoms. The van der Waals surface area contributed by atoms with Gasteiger partial charge >= 0.3 is 6.09 Å². The summed E-state index contributed by atoms with van der Waals surface area (Å²) in [5.74, 6) is 0.581. The second-order valence-corrected chi connectivity index (χ2v) is 6.38. The number of carbonyl (C=O) groups excluding carboxylic acids is 1. The molecule has 2 N–H and O–H groups in total. The molecule has 0 spiro atoms. The van der Waals surface area contributed by atoms with Crippen molar-refractivity contribution in [2.45, 2.75) is 32.4 Å². The van der Waals surface area contributed by atoms with Gasteiger partial charge in [0.15, 0.2) is 0 Å². The Balaban J connectivity index is 1.70. The lowest BCUT2D eigenvalue weighted by molar-refractivity contribution is -0.0923. The van der Waals surface area contributed by atoms with Crippen LogP contribution in [0.15, 0.2) is 24.3 Å². The van der Waals surface area contributed by atoms with Gasteiger partial charge in [-0.1, -0.05) is 19.9 Å². The number of ether oxygens (including phenoxy) is 2. The molecule has 0 radical (unpaired) electrons. The second kappa shape index (κ2) is 5.22. The maximum atomic E-state index is 11.3. The maximum absolute atomic E-state index is 11.3. The molecule has 3 rings (SSSR count). The van der Waals surface area contributed by atoms with Crippen LogP contribution in [0.5, 0.6) is 0 Å². The van der Waals surface area contributed by atoms with Crippen molar-refractivity contribution < 1.29 is 14.3 Å². The summed E-state index contributed by atoms with van der Waals surface area (Å²) in [6, 6.07) is 8.10. The minimum Gasteiger partial charge on any atom is -0.453 e. The Hall–Kier alpha value is -1.75. The van der Waals surface area contributed by atoms with E-state index in [9.17, 15) is 4.79 Å². The first kappa shape index (κ1) is 14.2. The van der Waals surface area contributed by atoms with Crippen LogP contribution >= 0.6 is 0 Å². The predicted octanol–water partition coefficient (Wildman–Crippen LogP) is 3.09. The summed E-state index contributed by atoms with van der Waals surface area (Å²) >= 11 is 0. The van der Waals surface area contributed by atoms with Gasteiger partial charge in [0, 0.05) is 35.4 Å².